The van der Waals surface area contributed by atoms with Gasteiger partial charge in [-0.05, 0) is 49.3 Å². The normalized spacial score (nSPS) is 14.8. The topological polar surface area (TPSA) is 59.1 Å². The van der Waals surface area contributed by atoms with Gasteiger partial charge in [-0.15, -0.1) is 0 Å². The lowest BCUT2D eigenvalue weighted by molar-refractivity contribution is 0.172. The zero-order valence-electron chi connectivity index (χ0n) is 14.4. The fourth-order valence-corrected chi connectivity index (χ4v) is 3.30. The molecular formula is C19H18FN5O. The Labute approximate surface area is 149 Å². The van der Waals surface area contributed by atoms with Gasteiger partial charge in [0.05, 0.1) is 11.0 Å². The number of imidazole rings is 1. The highest BCUT2D eigenvalue weighted by Gasteiger charge is 2.15. The molecular weight excluding hydrogens is 333 g/mol. The summed E-state index contributed by atoms with van der Waals surface area (Å²) >= 11 is 0. The fourth-order valence-electron chi connectivity index (χ4n) is 3.30. The van der Waals surface area contributed by atoms with E-state index >= 15 is 0 Å². The lowest BCUT2D eigenvalue weighted by Gasteiger charge is -2.30. The van der Waals surface area contributed by atoms with E-state index in [1.165, 1.54) is 24.1 Å². The van der Waals surface area contributed by atoms with Crippen molar-refractivity contribution in [2.45, 2.75) is 13.0 Å². The third-order valence-corrected chi connectivity index (χ3v) is 4.87. The van der Waals surface area contributed by atoms with Crippen LogP contribution in [-0.2, 0) is 13.6 Å². The van der Waals surface area contributed by atoms with Gasteiger partial charge >= 0.3 is 6.01 Å². The van der Waals surface area contributed by atoms with Gasteiger partial charge in [0.1, 0.15) is 11.3 Å². The standard InChI is InChI=1S/C19H18FN5O/c1-24-16-5-4-13(20)10-14(16)21-18(24)23-19-22-15-9-12(3-6-17(15)26-19)11-25-7-2-8-25/h3-6,9-10H,2,7-8,11H2,1H3,(H,21,22,23). The Morgan fingerprint density at radius 1 is 1.12 bits per heavy atom. The Balaban J connectivity index is 1.44. The smallest absolute Gasteiger partial charge is 0.302 e. The lowest BCUT2D eigenvalue weighted by atomic mass is 10.1. The van der Waals surface area contributed by atoms with E-state index in [1.807, 2.05) is 17.7 Å². The fraction of sp³-hybridized carbons (Fsp3) is 0.263. The summed E-state index contributed by atoms with van der Waals surface area (Å²) in [6, 6.07) is 11.0. The maximum Gasteiger partial charge on any atom is 0.302 e. The summed E-state index contributed by atoms with van der Waals surface area (Å²) in [7, 11) is 1.86. The van der Waals surface area contributed by atoms with Crippen molar-refractivity contribution in [1.82, 2.24) is 19.4 Å². The second kappa shape index (κ2) is 5.81. The van der Waals surface area contributed by atoms with Crippen LogP contribution in [0, 0.1) is 5.82 Å². The molecule has 2 aromatic carbocycles. The predicted molar refractivity (Wildman–Crippen MR) is 97.9 cm³/mol. The first-order valence-electron chi connectivity index (χ1n) is 8.66. The Bertz CT molecular complexity index is 1110. The molecule has 1 N–H and O–H groups in total. The van der Waals surface area contributed by atoms with Crippen LogP contribution in [0.5, 0.6) is 0 Å². The second-order valence-electron chi connectivity index (χ2n) is 6.70. The minimum Gasteiger partial charge on any atom is -0.423 e. The molecule has 0 saturated carbocycles. The number of anilines is 2. The number of aromatic nitrogens is 3. The Hall–Kier alpha value is -2.93. The lowest BCUT2D eigenvalue weighted by Crippen LogP contribution is -2.36. The third kappa shape index (κ3) is 2.61. The number of oxazole rings is 1. The first-order chi connectivity index (χ1) is 12.7. The van der Waals surface area contributed by atoms with Crippen molar-refractivity contribution in [1.29, 1.82) is 0 Å². The van der Waals surface area contributed by atoms with Gasteiger partial charge in [-0.1, -0.05) is 6.07 Å². The van der Waals surface area contributed by atoms with Gasteiger partial charge in [0, 0.05) is 19.7 Å². The van der Waals surface area contributed by atoms with Crippen LogP contribution in [0.3, 0.4) is 0 Å². The van der Waals surface area contributed by atoms with Crippen molar-refractivity contribution in [3.05, 3.63) is 47.8 Å². The quantitative estimate of drug-likeness (QED) is 0.606. The minimum atomic E-state index is -0.307. The number of likely N-dealkylation sites (tertiary alicyclic amines) is 1. The maximum absolute atomic E-state index is 13.4. The van der Waals surface area contributed by atoms with Crippen LogP contribution in [-0.4, -0.2) is 32.5 Å². The highest BCUT2D eigenvalue weighted by Crippen LogP contribution is 2.26. The molecule has 3 heterocycles. The summed E-state index contributed by atoms with van der Waals surface area (Å²) in [6.45, 7) is 3.27. The number of fused-ring (bicyclic) bond motifs is 2. The van der Waals surface area contributed by atoms with Crippen LogP contribution in [0.1, 0.15) is 12.0 Å². The van der Waals surface area contributed by atoms with Gasteiger partial charge < -0.3 is 8.98 Å². The van der Waals surface area contributed by atoms with Crippen molar-refractivity contribution < 1.29 is 8.81 Å². The first-order valence-corrected chi connectivity index (χ1v) is 8.66. The second-order valence-corrected chi connectivity index (χ2v) is 6.70. The van der Waals surface area contributed by atoms with E-state index in [-0.39, 0.29) is 5.82 Å². The molecule has 1 aliphatic heterocycles. The third-order valence-electron chi connectivity index (χ3n) is 4.87. The molecule has 0 spiro atoms. The van der Waals surface area contributed by atoms with E-state index in [4.69, 9.17) is 4.42 Å². The summed E-state index contributed by atoms with van der Waals surface area (Å²) in [5, 5.41) is 3.09. The van der Waals surface area contributed by atoms with Gasteiger partial charge in [0.15, 0.2) is 5.58 Å². The molecule has 1 aliphatic rings. The Morgan fingerprint density at radius 3 is 2.81 bits per heavy atom. The average Bonchev–Trinajstić information content (AvgIpc) is 3.11. The Morgan fingerprint density at radius 2 is 2.00 bits per heavy atom. The van der Waals surface area contributed by atoms with E-state index < -0.39 is 0 Å². The zero-order valence-corrected chi connectivity index (χ0v) is 14.4. The van der Waals surface area contributed by atoms with Crippen LogP contribution in [0.25, 0.3) is 22.1 Å². The molecule has 1 saturated heterocycles. The van der Waals surface area contributed by atoms with Gasteiger partial charge in [-0.2, -0.15) is 4.98 Å². The number of aryl methyl sites for hydroxylation is 1. The molecule has 4 aromatic rings. The molecule has 0 aliphatic carbocycles. The maximum atomic E-state index is 13.4. The van der Waals surface area contributed by atoms with Crippen LogP contribution in [0.4, 0.5) is 16.4 Å². The van der Waals surface area contributed by atoms with Crippen molar-refractivity contribution in [2.24, 2.45) is 7.05 Å². The largest absolute Gasteiger partial charge is 0.423 e. The van der Waals surface area contributed by atoms with E-state index in [0.717, 1.165) is 36.3 Å². The molecule has 0 radical (unpaired) electrons. The van der Waals surface area contributed by atoms with E-state index in [1.54, 1.807) is 6.07 Å². The number of rotatable bonds is 4. The summed E-state index contributed by atoms with van der Waals surface area (Å²) < 4.78 is 21.0. The highest BCUT2D eigenvalue weighted by atomic mass is 19.1. The summed E-state index contributed by atoms with van der Waals surface area (Å²) in [5.74, 6) is 0.247. The van der Waals surface area contributed by atoms with Crippen LogP contribution in [0.15, 0.2) is 40.8 Å². The van der Waals surface area contributed by atoms with Crippen LogP contribution < -0.4 is 5.32 Å². The molecule has 1 fully saturated rings. The highest BCUT2D eigenvalue weighted by molar-refractivity contribution is 5.80. The van der Waals surface area contributed by atoms with Crippen molar-refractivity contribution in [3.63, 3.8) is 0 Å². The molecule has 6 nitrogen and oxygen atoms in total. The predicted octanol–water partition coefficient (Wildman–Crippen LogP) is 3.80. The molecule has 26 heavy (non-hydrogen) atoms. The van der Waals surface area contributed by atoms with E-state index in [9.17, 15) is 4.39 Å². The summed E-state index contributed by atoms with van der Waals surface area (Å²) in [4.78, 5) is 11.3. The SMILES string of the molecule is Cn1c(Nc2nc3cc(CN4CCC4)ccc3o2)nc2cc(F)ccc21. The van der Waals surface area contributed by atoms with Crippen molar-refractivity contribution in [2.75, 3.05) is 18.4 Å². The number of benzene rings is 2. The molecule has 0 bridgehead atoms. The molecule has 0 atom stereocenters. The molecule has 0 unspecified atom stereocenters. The molecule has 5 rings (SSSR count). The molecule has 7 heteroatoms. The van der Waals surface area contributed by atoms with E-state index in [0.29, 0.717) is 17.5 Å². The summed E-state index contributed by atoms with van der Waals surface area (Å²) in [6.07, 6.45) is 1.28. The number of halogens is 1. The van der Waals surface area contributed by atoms with Crippen LogP contribution in [0.2, 0.25) is 0 Å². The van der Waals surface area contributed by atoms with E-state index in [2.05, 4.69) is 32.3 Å². The summed E-state index contributed by atoms with van der Waals surface area (Å²) in [5.41, 5.74) is 4.19. The van der Waals surface area contributed by atoms with Crippen molar-refractivity contribution in [3.8, 4) is 0 Å². The number of hydrogen-bond acceptors (Lipinski definition) is 5. The van der Waals surface area contributed by atoms with Gasteiger partial charge in [0.2, 0.25) is 5.95 Å². The van der Waals surface area contributed by atoms with Crippen molar-refractivity contribution >= 4 is 34.1 Å². The monoisotopic (exact) mass is 351 g/mol. The molecule has 0 amide bonds. The molecule has 2 aromatic heterocycles. The number of hydrogen-bond donors (Lipinski definition) is 1. The first kappa shape index (κ1) is 15.3. The average molecular weight is 351 g/mol. The molecule has 132 valence electrons. The minimum absolute atomic E-state index is 0.307. The van der Waals surface area contributed by atoms with Gasteiger partial charge in [-0.25, -0.2) is 9.37 Å². The van der Waals surface area contributed by atoms with Gasteiger partial charge in [-0.3, -0.25) is 10.2 Å². The Kier molecular flexibility index (Phi) is 3.43. The van der Waals surface area contributed by atoms with Gasteiger partial charge in [0.25, 0.3) is 0 Å². The number of nitrogens with zero attached hydrogens (tertiary/aromatic N) is 4. The zero-order chi connectivity index (χ0) is 17.7. The van der Waals surface area contributed by atoms with Crippen LogP contribution >= 0.6 is 0 Å². The number of nitrogens with one attached hydrogen (secondary N) is 1.